The lowest BCUT2D eigenvalue weighted by molar-refractivity contribution is -0.144. The number of ether oxygens (including phenoxy) is 2. The number of fused-ring (bicyclic) bond motifs is 1. The number of rotatable bonds is 9. The van der Waals surface area contributed by atoms with Gasteiger partial charge in [-0.25, -0.2) is 4.79 Å². The molecule has 0 unspecified atom stereocenters. The van der Waals surface area contributed by atoms with Crippen molar-refractivity contribution in [3.8, 4) is 16.9 Å². The number of hydrogen-bond donors (Lipinski definition) is 0. The standard InChI is InChI=1S/C29H36O5/c1-18(2)20-10-12-23(24(13-20)19(3)4)25-14-21-9-11-22(15-26(21)33-27(25)31)34-29(7,8)16-28(5,6)32-17-30/h9-15,17-19H,16H2,1-8H3. The molecule has 34 heavy (non-hydrogen) atoms. The van der Waals surface area contributed by atoms with Gasteiger partial charge in [0.15, 0.2) is 0 Å². The molecule has 0 fully saturated rings. The van der Waals surface area contributed by atoms with E-state index in [1.165, 1.54) is 5.56 Å². The molecule has 0 radical (unpaired) electrons. The van der Waals surface area contributed by atoms with Crippen LogP contribution in [0, 0.1) is 0 Å². The third-order valence-corrected chi connectivity index (χ3v) is 5.97. The monoisotopic (exact) mass is 464 g/mol. The maximum absolute atomic E-state index is 13.0. The molecule has 2 aromatic carbocycles. The Hall–Kier alpha value is -3.08. The van der Waals surface area contributed by atoms with Crippen LogP contribution >= 0.6 is 0 Å². The maximum atomic E-state index is 13.0. The minimum atomic E-state index is -0.664. The van der Waals surface area contributed by atoms with Crippen molar-refractivity contribution >= 4 is 17.4 Å². The average molecular weight is 465 g/mol. The summed E-state index contributed by atoms with van der Waals surface area (Å²) in [6.45, 7) is 16.6. The fourth-order valence-electron chi connectivity index (χ4n) is 4.56. The van der Waals surface area contributed by atoms with E-state index in [0.717, 1.165) is 16.5 Å². The van der Waals surface area contributed by atoms with Gasteiger partial charge in [0.1, 0.15) is 22.5 Å². The predicted octanol–water partition coefficient (Wildman–Crippen LogP) is 7.21. The van der Waals surface area contributed by atoms with Crippen LogP contribution in [-0.4, -0.2) is 17.7 Å². The summed E-state index contributed by atoms with van der Waals surface area (Å²) in [4.78, 5) is 23.8. The van der Waals surface area contributed by atoms with E-state index < -0.39 is 11.2 Å². The largest absolute Gasteiger partial charge is 0.488 e. The Balaban J connectivity index is 1.97. The van der Waals surface area contributed by atoms with Crippen LogP contribution in [0.2, 0.25) is 0 Å². The molecule has 5 nitrogen and oxygen atoms in total. The second-order valence-corrected chi connectivity index (χ2v) is 10.8. The minimum absolute atomic E-state index is 0.272. The first-order valence-corrected chi connectivity index (χ1v) is 11.8. The number of carbonyl (C=O) groups excluding carboxylic acids is 1. The molecule has 0 aliphatic rings. The van der Waals surface area contributed by atoms with Crippen molar-refractivity contribution < 1.29 is 18.7 Å². The molecule has 1 heterocycles. The van der Waals surface area contributed by atoms with Crippen LogP contribution in [0.15, 0.2) is 51.7 Å². The molecule has 0 spiro atoms. The van der Waals surface area contributed by atoms with E-state index in [9.17, 15) is 9.59 Å². The van der Waals surface area contributed by atoms with Crippen molar-refractivity contribution in [1.82, 2.24) is 0 Å². The smallest absolute Gasteiger partial charge is 0.344 e. The molecular formula is C29H36O5. The third kappa shape index (κ3) is 5.88. The van der Waals surface area contributed by atoms with Gasteiger partial charge in [0.05, 0.1) is 5.56 Å². The summed E-state index contributed by atoms with van der Waals surface area (Å²) in [5.41, 5.74) is 2.69. The molecule has 1 aromatic heterocycles. The molecule has 0 aliphatic heterocycles. The zero-order chi connectivity index (χ0) is 25.3. The second kappa shape index (κ2) is 9.65. The Morgan fingerprint density at radius 2 is 1.59 bits per heavy atom. The van der Waals surface area contributed by atoms with Crippen molar-refractivity contribution in [1.29, 1.82) is 0 Å². The highest BCUT2D eigenvalue weighted by molar-refractivity contribution is 5.83. The highest BCUT2D eigenvalue weighted by Crippen LogP contribution is 2.34. The van der Waals surface area contributed by atoms with Crippen LogP contribution < -0.4 is 10.4 Å². The zero-order valence-electron chi connectivity index (χ0n) is 21.5. The topological polar surface area (TPSA) is 65.7 Å². The highest BCUT2D eigenvalue weighted by Gasteiger charge is 2.32. The van der Waals surface area contributed by atoms with Crippen LogP contribution in [0.1, 0.15) is 84.8 Å². The Labute approximate surface area is 202 Å². The van der Waals surface area contributed by atoms with E-state index in [-0.39, 0.29) is 11.5 Å². The molecule has 5 heteroatoms. The first-order valence-electron chi connectivity index (χ1n) is 11.8. The van der Waals surface area contributed by atoms with Crippen molar-refractivity contribution in [2.45, 2.75) is 84.8 Å². The molecule has 0 N–H and O–H groups in total. The normalized spacial score (nSPS) is 12.4. The molecule has 0 bridgehead atoms. The minimum Gasteiger partial charge on any atom is -0.488 e. The van der Waals surface area contributed by atoms with Gasteiger partial charge in [-0.1, -0.05) is 45.9 Å². The average Bonchev–Trinajstić information content (AvgIpc) is 2.71. The quantitative estimate of drug-likeness (QED) is 0.247. The predicted molar refractivity (Wildman–Crippen MR) is 137 cm³/mol. The molecule has 182 valence electrons. The summed E-state index contributed by atoms with van der Waals surface area (Å²) in [7, 11) is 0. The molecule has 0 saturated carbocycles. The summed E-state index contributed by atoms with van der Waals surface area (Å²) in [6.07, 6.45) is 0.490. The zero-order valence-corrected chi connectivity index (χ0v) is 21.5. The first kappa shape index (κ1) is 25.5. The van der Waals surface area contributed by atoms with Crippen LogP contribution in [0.5, 0.6) is 5.75 Å². The van der Waals surface area contributed by atoms with Gasteiger partial charge >= 0.3 is 5.63 Å². The van der Waals surface area contributed by atoms with E-state index in [2.05, 4.69) is 39.8 Å². The van der Waals surface area contributed by atoms with E-state index in [1.807, 2.05) is 52.0 Å². The Morgan fingerprint density at radius 3 is 2.21 bits per heavy atom. The highest BCUT2D eigenvalue weighted by atomic mass is 16.5. The fourth-order valence-corrected chi connectivity index (χ4v) is 4.56. The van der Waals surface area contributed by atoms with E-state index in [1.54, 1.807) is 6.07 Å². The van der Waals surface area contributed by atoms with Crippen LogP contribution in [-0.2, 0) is 9.53 Å². The van der Waals surface area contributed by atoms with Crippen molar-refractivity contribution in [3.05, 3.63) is 64.0 Å². The summed E-state index contributed by atoms with van der Waals surface area (Å²) in [5.74, 6) is 1.27. The van der Waals surface area contributed by atoms with Gasteiger partial charge < -0.3 is 13.9 Å². The molecule has 3 rings (SSSR count). The number of benzene rings is 2. The van der Waals surface area contributed by atoms with E-state index in [4.69, 9.17) is 13.9 Å². The maximum Gasteiger partial charge on any atom is 0.344 e. The summed E-state index contributed by atoms with van der Waals surface area (Å²) < 4.78 is 17.1. The summed E-state index contributed by atoms with van der Waals surface area (Å²) >= 11 is 0. The van der Waals surface area contributed by atoms with Gasteiger partial charge in [0.25, 0.3) is 6.47 Å². The molecule has 0 saturated heterocycles. The number of hydrogen-bond acceptors (Lipinski definition) is 5. The van der Waals surface area contributed by atoms with Crippen LogP contribution in [0.3, 0.4) is 0 Å². The molecule has 3 aromatic rings. The Bertz CT molecular complexity index is 1230. The van der Waals surface area contributed by atoms with Crippen molar-refractivity contribution in [3.63, 3.8) is 0 Å². The SMILES string of the molecule is CC(C)c1ccc(-c2cc3ccc(OC(C)(C)CC(C)(C)OC=O)cc3oc2=O)c(C(C)C)c1. The lowest BCUT2D eigenvalue weighted by Gasteiger charge is -2.34. The number of carbonyl (C=O) groups is 1. The van der Waals surface area contributed by atoms with Crippen LogP contribution in [0.25, 0.3) is 22.1 Å². The molecule has 0 aliphatic carbocycles. The van der Waals surface area contributed by atoms with Crippen LogP contribution in [0.4, 0.5) is 0 Å². The van der Waals surface area contributed by atoms with E-state index in [0.29, 0.717) is 35.7 Å². The van der Waals surface area contributed by atoms with Gasteiger partial charge in [-0.05, 0) is 74.4 Å². The lowest BCUT2D eigenvalue weighted by atomic mass is 9.89. The van der Waals surface area contributed by atoms with Gasteiger partial charge in [0, 0.05) is 17.9 Å². The Kier molecular flexibility index (Phi) is 7.25. The first-order chi connectivity index (χ1) is 15.8. The molecular weight excluding hydrogens is 428 g/mol. The van der Waals surface area contributed by atoms with Gasteiger partial charge in [-0.3, -0.25) is 4.79 Å². The third-order valence-electron chi connectivity index (χ3n) is 5.97. The van der Waals surface area contributed by atoms with Gasteiger partial charge in [-0.15, -0.1) is 0 Å². The van der Waals surface area contributed by atoms with Crippen molar-refractivity contribution in [2.24, 2.45) is 0 Å². The summed E-state index contributed by atoms with van der Waals surface area (Å²) in [5, 5.41) is 0.826. The molecule has 0 atom stereocenters. The van der Waals surface area contributed by atoms with Gasteiger partial charge in [0.2, 0.25) is 0 Å². The second-order valence-electron chi connectivity index (χ2n) is 10.8. The van der Waals surface area contributed by atoms with Gasteiger partial charge in [-0.2, -0.15) is 0 Å². The molecule has 0 amide bonds. The van der Waals surface area contributed by atoms with Crippen molar-refractivity contribution in [2.75, 3.05) is 0 Å². The van der Waals surface area contributed by atoms with E-state index >= 15 is 0 Å². The lowest BCUT2D eigenvalue weighted by Crippen LogP contribution is -2.39. The Morgan fingerprint density at radius 1 is 0.882 bits per heavy atom. The summed E-state index contributed by atoms with van der Waals surface area (Å²) in [6, 6.07) is 13.7. The fraction of sp³-hybridized carbons (Fsp3) is 0.448.